The third-order valence-electron chi connectivity index (χ3n) is 2.74. The van der Waals surface area contributed by atoms with E-state index in [4.69, 9.17) is 4.98 Å². The molecule has 0 fully saturated rings. The lowest BCUT2D eigenvalue weighted by atomic mass is 9.90. The van der Waals surface area contributed by atoms with Gasteiger partial charge in [-0.15, -0.1) is 11.3 Å². The van der Waals surface area contributed by atoms with Gasteiger partial charge < -0.3 is 0 Å². The molecule has 0 amide bonds. The maximum atomic E-state index is 4.74. The Morgan fingerprint density at radius 1 is 1.21 bits per heavy atom. The molecule has 0 aliphatic rings. The van der Waals surface area contributed by atoms with Crippen molar-refractivity contribution in [2.24, 2.45) is 0 Å². The quantitative estimate of drug-likeness (QED) is 0.717. The highest BCUT2D eigenvalue weighted by molar-refractivity contribution is 7.09. The molecular weight excluding hydrogens is 190 g/mol. The first-order valence-electron chi connectivity index (χ1n) is 5.24. The summed E-state index contributed by atoms with van der Waals surface area (Å²) in [5, 5.41) is 3.47. The fourth-order valence-electron chi connectivity index (χ4n) is 1.08. The second-order valence-electron chi connectivity index (χ2n) is 5.53. The second-order valence-corrected chi connectivity index (χ2v) is 6.38. The van der Waals surface area contributed by atoms with E-state index in [0.29, 0.717) is 0 Å². The standard InChI is InChI=1S/C12H21NS/c1-7-12(5,6)10-13-9(8-14-10)11(2,3)4/h8H,7H2,1-6H3. The highest BCUT2D eigenvalue weighted by atomic mass is 32.1. The van der Waals surface area contributed by atoms with Crippen molar-refractivity contribution in [3.05, 3.63) is 16.1 Å². The van der Waals surface area contributed by atoms with Gasteiger partial charge >= 0.3 is 0 Å². The van der Waals surface area contributed by atoms with E-state index < -0.39 is 0 Å². The van der Waals surface area contributed by atoms with E-state index >= 15 is 0 Å². The number of hydrogen-bond donors (Lipinski definition) is 0. The first-order valence-corrected chi connectivity index (χ1v) is 6.12. The summed E-state index contributed by atoms with van der Waals surface area (Å²) in [6.45, 7) is 13.4. The number of hydrogen-bond acceptors (Lipinski definition) is 2. The molecule has 0 unspecified atom stereocenters. The van der Waals surface area contributed by atoms with Crippen molar-refractivity contribution in [3.8, 4) is 0 Å². The zero-order valence-corrected chi connectivity index (χ0v) is 11.0. The summed E-state index contributed by atoms with van der Waals surface area (Å²) in [7, 11) is 0. The van der Waals surface area contributed by atoms with E-state index in [-0.39, 0.29) is 10.8 Å². The summed E-state index contributed by atoms with van der Waals surface area (Å²) in [6, 6.07) is 0. The van der Waals surface area contributed by atoms with Gasteiger partial charge in [0.2, 0.25) is 0 Å². The maximum absolute atomic E-state index is 4.74. The van der Waals surface area contributed by atoms with Gasteiger partial charge in [-0.05, 0) is 6.42 Å². The zero-order chi connectivity index (χ0) is 11.0. The molecule has 0 bridgehead atoms. The average Bonchev–Trinajstić information content (AvgIpc) is 2.51. The molecule has 2 heteroatoms. The molecule has 0 spiro atoms. The predicted octanol–water partition coefficient (Wildman–Crippen LogP) is 4.13. The van der Waals surface area contributed by atoms with Gasteiger partial charge in [0.1, 0.15) is 0 Å². The summed E-state index contributed by atoms with van der Waals surface area (Å²) in [5.41, 5.74) is 1.63. The number of aromatic nitrogens is 1. The molecule has 1 nitrogen and oxygen atoms in total. The van der Waals surface area contributed by atoms with Crippen molar-refractivity contribution < 1.29 is 0 Å². The third-order valence-corrected chi connectivity index (χ3v) is 3.94. The van der Waals surface area contributed by atoms with Crippen molar-refractivity contribution in [3.63, 3.8) is 0 Å². The van der Waals surface area contributed by atoms with E-state index in [9.17, 15) is 0 Å². The molecule has 0 aliphatic carbocycles. The fourth-order valence-corrected chi connectivity index (χ4v) is 2.32. The van der Waals surface area contributed by atoms with Crippen molar-refractivity contribution >= 4 is 11.3 Å². The van der Waals surface area contributed by atoms with Crippen LogP contribution in [0.3, 0.4) is 0 Å². The molecule has 0 aromatic carbocycles. The Balaban J connectivity index is 3.00. The van der Waals surface area contributed by atoms with Crippen LogP contribution >= 0.6 is 11.3 Å². The van der Waals surface area contributed by atoms with E-state index in [1.165, 1.54) is 10.7 Å². The number of nitrogens with zero attached hydrogens (tertiary/aromatic N) is 1. The Hall–Kier alpha value is -0.370. The first-order chi connectivity index (χ1) is 6.27. The van der Waals surface area contributed by atoms with Gasteiger partial charge in [-0.25, -0.2) is 4.98 Å². The Morgan fingerprint density at radius 3 is 2.14 bits per heavy atom. The van der Waals surface area contributed by atoms with Gasteiger partial charge in [0.15, 0.2) is 0 Å². The largest absolute Gasteiger partial charge is 0.245 e. The van der Waals surface area contributed by atoms with Crippen LogP contribution in [0.4, 0.5) is 0 Å². The van der Waals surface area contributed by atoms with Crippen LogP contribution in [0, 0.1) is 0 Å². The van der Waals surface area contributed by atoms with E-state index in [2.05, 4.69) is 46.9 Å². The minimum atomic E-state index is 0.179. The molecular formula is C12H21NS. The van der Waals surface area contributed by atoms with E-state index in [1.54, 1.807) is 11.3 Å². The molecule has 1 rings (SSSR count). The summed E-state index contributed by atoms with van der Waals surface area (Å²) in [6.07, 6.45) is 1.14. The van der Waals surface area contributed by atoms with Crippen LogP contribution < -0.4 is 0 Å². The Morgan fingerprint density at radius 2 is 1.79 bits per heavy atom. The molecule has 0 saturated carbocycles. The Labute approximate surface area is 91.6 Å². The van der Waals surface area contributed by atoms with Gasteiger partial charge in [-0.2, -0.15) is 0 Å². The van der Waals surface area contributed by atoms with Gasteiger partial charge in [0, 0.05) is 16.2 Å². The molecule has 1 aromatic heterocycles. The third kappa shape index (κ3) is 2.35. The minimum Gasteiger partial charge on any atom is -0.245 e. The van der Waals surface area contributed by atoms with Crippen molar-refractivity contribution in [1.29, 1.82) is 0 Å². The second kappa shape index (κ2) is 3.65. The van der Waals surface area contributed by atoms with Crippen LogP contribution in [-0.4, -0.2) is 4.98 Å². The van der Waals surface area contributed by atoms with Gasteiger partial charge in [-0.3, -0.25) is 0 Å². The molecule has 1 heterocycles. The number of thiazole rings is 1. The van der Waals surface area contributed by atoms with Gasteiger partial charge in [-0.1, -0.05) is 41.5 Å². The molecule has 1 aromatic rings. The van der Waals surface area contributed by atoms with Crippen LogP contribution in [0.15, 0.2) is 5.38 Å². The fraction of sp³-hybridized carbons (Fsp3) is 0.750. The molecule has 0 atom stereocenters. The van der Waals surface area contributed by atoms with Crippen LogP contribution in [0.25, 0.3) is 0 Å². The monoisotopic (exact) mass is 211 g/mol. The van der Waals surface area contributed by atoms with Crippen molar-refractivity contribution in [2.45, 2.75) is 58.8 Å². The zero-order valence-electron chi connectivity index (χ0n) is 10.1. The van der Waals surface area contributed by atoms with Crippen LogP contribution in [-0.2, 0) is 10.8 Å². The van der Waals surface area contributed by atoms with E-state index in [1.807, 2.05) is 0 Å². The maximum Gasteiger partial charge on any atom is 0.0984 e. The molecule has 80 valence electrons. The average molecular weight is 211 g/mol. The summed E-state index contributed by atoms with van der Waals surface area (Å²) in [4.78, 5) is 4.74. The summed E-state index contributed by atoms with van der Waals surface area (Å²) in [5.74, 6) is 0. The highest BCUT2D eigenvalue weighted by Gasteiger charge is 2.25. The van der Waals surface area contributed by atoms with E-state index in [0.717, 1.165) is 6.42 Å². The SMILES string of the molecule is CCC(C)(C)c1nc(C(C)(C)C)cs1. The molecule has 0 N–H and O–H groups in total. The lowest BCUT2D eigenvalue weighted by Crippen LogP contribution is -2.17. The molecule has 0 radical (unpaired) electrons. The topological polar surface area (TPSA) is 12.9 Å². The molecule has 14 heavy (non-hydrogen) atoms. The first kappa shape index (κ1) is 11.7. The van der Waals surface area contributed by atoms with Crippen molar-refractivity contribution in [1.82, 2.24) is 4.98 Å². The smallest absolute Gasteiger partial charge is 0.0984 e. The highest BCUT2D eigenvalue weighted by Crippen LogP contribution is 2.32. The lowest BCUT2D eigenvalue weighted by molar-refractivity contribution is 0.493. The Kier molecular flexibility index (Phi) is 3.05. The van der Waals surface area contributed by atoms with Crippen molar-refractivity contribution in [2.75, 3.05) is 0 Å². The van der Waals surface area contributed by atoms with Gasteiger partial charge in [0.05, 0.1) is 10.7 Å². The van der Waals surface area contributed by atoms with Crippen LogP contribution in [0.1, 0.15) is 58.7 Å². The van der Waals surface area contributed by atoms with Crippen LogP contribution in [0.2, 0.25) is 0 Å². The predicted molar refractivity (Wildman–Crippen MR) is 64.1 cm³/mol. The number of rotatable bonds is 2. The molecule has 0 aliphatic heterocycles. The Bertz CT molecular complexity index is 304. The lowest BCUT2D eigenvalue weighted by Gasteiger charge is -2.20. The minimum absolute atomic E-state index is 0.179. The normalized spacial score (nSPS) is 13.3. The van der Waals surface area contributed by atoms with Gasteiger partial charge in [0.25, 0.3) is 0 Å². The van der Waals surface area contributed by atoms with Crippen LogP contribution in [0.5, 0.6) is 0 Å². The molecule has 0 saturated heterocycles. The summed E-state index contributed by atoms with van der Waals surface area (Å²) < 4.78 is 0. The summed E-state index contributed by atoms with van der Waals surface area (Å²) >= 11 is 1.80.